The normalized spacial score (nSPS) is 48.0. The molecule has 0 radical (unpaired) electrons. The first-order chi connectivity index (χ1) is 9.90. The molecule has 0 spiro atoms. The smallest absolute Gasteiger partial charge is 0.0623 e. The van der Waals surface area contributed by atoms with E-state index in [9.17, 15) is 0 Å². The van der Waals surface area contributed by atoms with E-state index >= 15 is 0 Å². The molecule has 0 aromatic rings. The van der Waals surface area contributed by atoms with Crippen LogP contribution in [-0.4, -0.2) is 38.4 Å². The van der Waals surface area contributed by atoms with E-state index in [1.165, 1.54) is 45.1 Å². The van der Waals surface area contributed by atoms with Crippen molar-refractivity contribution in [3.63, 3.8) is 0 Å². The molecule has 1 saturated heterocycles. The first-order valence-corrected chi connectivity index (χ1v) is 8.94. The van der Waals surface area contributed by atoms with Gasteiger partial charge >= 0.3 is 0 Å². The standard InChI is InChI=1S/C17H30N2O/c1-2-15(17-11-20-7-6-18-17)16(3-1)19-10-14-9-12-4-5-13(14)8-12/h12-19H,1-11H2. The summed E-state index contributed by atoms with van der Waals surface area (Å²) in [6.45, 7) is 4.15. The molecule has 0 aromatic carbocycles. The van der Waals surface area contributed by atoms with E-state index < -0.39 is 0 Å². The number of rotatable bonds is 4. The lowest BCUT2D eigenvalue weighted by atomic mass is 9.88. The number of hydrogen-bond donors (Lipinski definition) is 2. The predicted molar refractivity (Wildman–Crippen MR) is 80.7 cm³/mol. The fraction of sp³-hybridized carbons (Fsp3) is 1.00. The van der Waals surface area contributed by atoms with Gasteiger partial charge < -0.3 is 15.4 Å². The highest BCUT2D eigenvalue weighted by atomic mass is 16.5. The molecule has 2 bridgehead atoms. The molecule has 4 aliphatic rings. The summed E-state index contributed by atoms with van der Waals surface area (Å²) < 4.78 is 5.67. The molecule has 6 unspecified atom stereocenters. The maximum Gasteiger partial charge on any atom is 0.0623 e. The Hall–Kier alpha value is -0.120. The minimum Gasteiger partial charge on any atom is -0.379 e. The third kappa shape index (κ3) is 2.65. The molecule has 6 atom stereocenters. The van der Waals surface area contributed by atoms with Gasteiger partial charge in [-0.1, -0.05) is 12.8 Å². The Morgan fingerprint density at radius 1 is 1.10 bits per heavy atom. The van der Waals surface area contributed by atoms with Crippen LogP contribution in [0.1, 0.15) is 44.9 Å². The largest absolute Gasteiger partial charge is 0.379 e. The molecule has 114 valence electrons. The Kier molecular flexibility index (Phi) is 4.02. The number of nitrogens with one attached hydrogen (secondary N) is 2. The van der Waals surface area contributed by atoms with Crippen LogP contribution in [0.4, 0.5) is 0 Å². The monoisotopic (exact) mass is 278 g/mol. The topological polar surface area (TPSA) is 33.3 Å². The molecule has 1 aliphatic heterocycles. The number of fused-ring (bicyclic) bond motifs is 2. The van der Waals surface area contributed by atoms with Crippen LogP contribution in [0.15, 0.2) is 0 Å². The summed E-state index contributed by atoms with van der Waals surface area (Å²) in [6, 6.07) is 1.34. The summed E-state index contributed by atoms with van der Waals surface area (Å²) in [5.74, 6) is 3.93. The molecule has 0 aromatic heterocycles. The third-order valence-corrected chi connectivity index (χ3v) is 6.56. The summed E-state index contributed by atoms with van der Waals surface area (Å²) in [7, 11) is 0. The van der Waals surface area contributed by atoms with Crippen molar-refractivity contribution in [2.75, 3.05) is 26.3 Å². The van der Waals surface area contributed by atoms with Gasteiger partial charge in [-0.3, -0.25) is 0 Å². The molecular weight excluding hydrogens is 248 g/mol. The van der Waals surface area contributed by atoms with E-state index in [0.717, 1.165) is 49.5 Å². The minimum absolute atomic E-state index is 0.601. The van der Waals surface area contributed by atoms with Crippen molar-refractivity contribution in [1.82, 2.24) is 10.6 Å². The van der Waals surface area contributed by atoms with Gasteiger partial charge in [-0.05, 0) is 62.3 Å². The van der Waals surface area contributed by atoms with Gasteiger partial charge in [-0.15, -0.1) is 0 Å². The van der Waals surface area contributed by atoms with Crippen LogP contribution >= 0.6 is 0 Å². The van der Waals surface area contributed by atoms with Gasteiger partial charge in [0.15, 0.2) is 0 Å². The molecule has 3 heteroatoms. The predicted octanol–water partition coefficient (Wildman–Crippen LogP) is 2.17. The molecule has 20 heavy (non-hydrogen) atoms. The van der Waals surface area contributed by atoms with Gasteiger partial charge in [0.05, 0.1) is 13.2 Å². The average Bonchev–Trinajstić information content (AvgIpc) is 3.22. The highest BCUT2D eigenvalue weighted by Gasteiger charge is 2.40. The summed E-state index contributed by atoms with van der Waals surface area (Å²) in [5.41, 5.74) is 0. The maximum atomic E-state index is 5.67. The van der Waals surface area contributed by atoms with E-state index in [0.29, 0.717) is 6.04 Å². The van der Waals surface area contributed by atoms with Crippen LogP contribution in [0, 0.1) is 23.7 Å². The van der Waals surface area contributed by atoms with Crippen molar-refractivity contribution < 1.29 is 4.74 Å². The van der Waals surface area contributed by atoms with Gasteiger partial charge in [0.25, 0.3) is 0 Å². The van der Waals surface area contributed by atoms with Crippen LogP contribution in [-0.2, 0) is 4.74 Å². The van der Waals surface area contributed by atoms with Crippen LogP contribution < -0.4 is 10.6 Å². The molecular formula is C17H30N2O. The second kappa shape index (κ2) is 5.94. The molecule has 3 aliphatic carbocycles. The number of morpholine rings is 1. The zero-order valence-electron chi connectivity index (χ0n) is 12.7. The zero-order valence-corrected chi connectivity index (χ0v) is 12.7. The van der Waals surface area contributed by atoms with Crippen molar-refractivity contribution in [2.45, 2.75) is 57.0 Å². The minimum atomic E-state index is 0.601. The lowest BCUT2D eigenvalue weighted by molar-refractivity contribution is 0.0520. The first kappa shape index (κ1) is 13.5. The Labute approximate surface area is 123 Å². The van der Waals surface area contributed by atoms with E-state index in [1.807, 2.05) is 0 Å². The van der Waals surface area contributed by atoms with Crippen LogP contribution in [0.2, 0.25) is 0 Å². The summed E-state index contributed by atoms with van der Waals surface area (Å²) in [5, 5.41) is 7.64. The van der Waals surface area contributed by atoms with E-state index in [4.69, 9.17) is 4.74 Å². The van der Waals surface area contributed by atoms with E-state index in [1.54, 1.807) is 6.42 Å². The van der Waals surface area contributed by atoms with Gasteiger partial charge in [0, 0.05) is 18.6 Å². The van der Waals surface area contributed by atoms with Crippen molar-refractivity contribution in [2.24, 2.45) is 23.7 Å². The molecule has 3 nitrogen and oxygen atoms in total. The summed E-state index contributed by atoms with van der Waals surface area (Å²) >= 11 is 0. The Balaban J connectivity index is 1.29. The van der Waals surface area contributed by atoms with Gasteiger partial charge in [0.1, 0.15) is 0 Å². The van der Waals surface area contributed by atoms with Crippen LogP contribution in [0.3, 0.4) is 0 Å². The highest BCUT2D eigenvalue weighted by Crippen LogP contribution is 2.48. The van der Waals surface area contributed by atoms with Crippen molar-refractivity contribution >= 4 is 0 Å². The molecule has 4 rings (SSSR count). The summed E-state index contributed by atoms with van der Waals surface area (Å²) in [4.78, 5) is 0. The quantitative estimate of drug-likeness (QED) is 0.827. The average molecular weight is 278 g/mol. The third-order valence-electron chi connectivity index (χ3n) is 6.56. The Morgan fingerprint density at radius 2 is 2.10 bits per heavy atom. The van der Waals surface area contributed by atoms with Crippen LogP contribution in [0.25, 0.3) is 0 Å². The molecule has 0 amide bonds. The lowest BCUT2D eigenvalue weighted by Crippen LogP contribution is -2.51. The lowest BCUT2D eigenvalue weighted by Gasteiger charge is -2.34. The fourth-order valence-corrected chi connectivity index (χ4v) is 5.51. The second-order valence-corrected chi connectivity index (χ2v) is 7.68. The van der Waals surface area contributed by atoms with E-state index in [2.05, 4.69) is 10.6 Å². The molecule has 2 N–H and O–H groups in total. The highest BCUT2D eigenvalue weighted by molar-refractivity contribution is 4.95. The second-order valence-electron chi connectivity index (χ2n) is 7.68. The van der Waals surface area contributed by atoms with Gasteiger partial charge in [-0.25, -0.2) is 0 Å². The maximum absolute atomic E-state index is 5.67. The SMILES string of the molecule is C1CC(NCC2CC3CCC2C3)C(C2COCCN2)C1. The van der Waals surface area contributed by atoms with Crippen molar-refractivity contribution in [3.8, 4) is 0 Å². The first-order valence-electron chi connectivity index (χ1n) is 8.94. The van der Waals surface area contributed by atoms with Crippen molar-refractivity contribution in [3.05, 3.63) is 0 Å². The molecule has 3 saturated carbocycles. The van der Waals surface area contributed by atoms with Crippen LogP contribution in [0.5, 0.6) is 0 Å². The zero-order chi connectivity index (χ0) is 13.4. The van der Waals surface area contributed by atoms with Crippen molar-refractivity contribution in [1.29, 1.82) is 0 Å². The number of hydrogen-bond acceptors (Lipinski definition) is 3. The van der Waals surface area contributed by atoms with E-state index in [-0.39, 0.29) is 0 Å². The van der Waals surface area contributed by atoms with Gasteiger partial charge in [0.2, 0.25) is 0 Å². The Morgan fingerprint density at radius 3 is 2.85 bits per heavy atom. The summed E-state index contributed by atoms with van der Waals surface area (Å²) in [6.07, 6.45) is 10.3. The number of ether oxygens (including phenoxy) is 1. The Bertz CT molecular complexity index is 329. The fourth-order valence-electron chi connectivity index (χ4n) is 5.51. The van der Waals surface area contributed by atoms with Gasteiger partial charge in [-0.2, -0.15) is 0 Å². The molecule has 1 heterocycles. The molecule has 4 fully saturated rings.